The fraction of sp³-hybridized carbons (Fsp3) is 1.00. The summed E-state index contributed by atoms with van der Waals surface area (Å²) in [4.78, 5) is 0. The van der Waals surface area contributed by atoms with Crippen LogP contribution in [0, 0.1) is 10.8 Å². The van der Waals surface area contributed by atoms with Gasteiger partial charge in [0, 0.05) is 0 Å². The van der Waals surface area contributed by atoms with E-state index >= 15 is 0 Å². The van der Waals surface area contributed by atoms with Crippen LogP contribution in [0.3, 0.4) is 0 Å². The van der Waals surface area contributed by atoms with E-state index in [-0.39, 0.29) is 0 Å². The lowest BCUT2D eigenvalue weighted by Crippen LogP contribution is -2.42. The van der Waals surface area contributed by atoms with Crippen molar-refractivity contribution in [3.63, 3.8) is 0 Å². The molecule has 1 aliphatic rings. The van der Waals surface area contributed by atoms with E-state index in [1.54, 1.807) is 0 Å². The Bertz CT molecular complexity index is 196. The smallest absolute Gasteiger partial charge is 0.0244 e. The number of hydrogen-bond donors (Lipinski definition) is 0. The van der Waals surface area contributed by atoms with Gasteiger partial charge in [0.2, 0.25) is 0 Å². The molecule has 0 radical (unpaired) electrons. The van der Waals surface area contributed by atoms with Crippen LogP contribution in [0.4, 0.5) is 0 Å². The average Bonchev–Trinajstić information content (AvgIpc) is 2.37. The Morgan fingerprint density at radius 3 is 1.28 bits per heavy atom. The average molecular weight is 252 g/mol. The van der Waals surface area contributed by atoms with Crippen molar-refractivity contribution in [2.24, 2.45) is 10.8 Å². The maximum atomic E-state index is 2.47. The highest BCUT2D eigenvalue weighted by Crippen LogP contribution is 2.57. The van der Waals surface area contributed by atoms with Crippen LogP contribution in [0.5, 0.6) is 0 Å². The summed E-state index contributed by atoms with van der Waals surface area (Å²) in [6.45, 7) is 9.72. The van der Waals surface area contributed by atoms with Crippen LogP contribution < -0.4 is 0 Å². The van der Waals surface area contributed by atoms with Gasteiger partial charge < -0.3 is 0 Å². The predicted molar refractivity (Wildman–Crippen MR) is 83.0 cm³/mol. The number of hydrogen-bond acceptors (Lipinski definition) is 0. The Morgan fingerprint density at radius 2 is 1.00 bits per heavy atom. The van der Waals surface area contributed by atoms with Crippen LogP contribution in [0.25, 0.3) is 0 Å². The zero-order valence-corrected chi connectivity index (χ0v) is 13.5. The van der Waals surface area contributed by atoms with Crippen LogP contribution in [-0.4, -0.2) is 0 Å². The lowest BCUT2D eigenvalue weighted by molar-refractivity contribution is -0.0225. The third kappa shape index (κ3) is 3.11. The first-order valence-corrected chi connectivity index (χ1v) is 8.70. The Kier molecular flexibility index (Phi) is 6.74. The standard InChI is InChI=1S/C18H36/c1-5-13-17(7-3)15-11-9-10-12-16-18(17,8-4)14-6-2/h5-16H2,1-4H3. The zero-order chi connectivity index (χ0) is 13.5. The van der Waals surface area contributed by atoms with E-state index < -0.39 is 0 Å². The van der Waals surface area contributed by atoms with Gasteiger partial charge in [0.05, 0.1) is 0 Å². The minimum Gasteiger partial charge on any atom is -0.0654 e. The maximum absolute atomic E-state index is 2.47. The van der Waals surface area contributed by atoms with E-state index in [1.165, 1.54) is 77.0 Å². The van der Waals surface area contributed by atoms with E-state index in [1.807, 2.05) is 0 Å². The van der Waals surface area contributed by atoms with Gasteiger partial charge in [-0.2, -0.15) is 0 Å². The van der Waals surface area contributed by atoms with Gasteiger partial charge in [0.15, 0.2) is 0 Å². The molecule has 1 rings (SSSR count). The van der Waals surface area contributed by atoms with Crippen molar-refractivity contribution in [3.8, 4) is 0 Å². The van der Waals surface area contributed by atoms with Crippen LogP contribution in [-0.2, 0) is 0 Å². The first kappa shape index (κ1) is 16.1. The third-order valence-corrected chi connectivity index (χ3v) is 6.00. The van der Waals surface area contributed by atoms with Gasteiger partial charge in [0.25, 0.3) is 0 Å². The Balaban J connectivity index is 3.05. The van der Waals surface area contributed by atoms with Crippen LogP contribution in [0.2, 0.25) is 0 Å². The Morgan fingerprint density at radius 1 is 0.611 bits per heavy atom. The van der Waals surface area contributed by atoms with Crippen LogP contribution in [0.1, 0.15) is 105 Å². The molecule has 1 aliphatic carbocycles. The molecular formula is C18H36. The van der Waals surface area contributed by atoms with E-state index in [4.69, 9.17) is 0 Å². The van der Waals surface area contributed by atoms with Gasteiger partial charge in [-0.1, -0.05) is 66.2 Å². The molecule has 0 heteroatoms. The summed E-state index contributed by atoms with van der Waals surface area (Å²) in [5.74, 6) is 0. The molecule has 1 saturated carbocycles. The molecule has 2 atom stereocenters. The molecule has 0 aromatic heterocycles. The van der Waals surface area contributed by atoms with Gasteiger partial charge in [-0.05, 0) is 49.4 Å². The van der Waals surface area contributed by atoms with Gasteiger partial charge in [-0.25, -0.2) is 0 Å². The van der Waals surface area contributed by atoms with Crippen LogP contribution >= 0.6 is 0 Å². The largest absolute Gasteiger partial charge is 0.0654 e. The fourth-order valence-electron chi connectivity index (χ4n) is 5.01. The fourth-order valence-corrected chi connectivity index (χ4v) is 5.01. The molecule has 0 saturated heterocycles. The summed E-state index contributed by atoms with van der Waals surface area (Å²) >= 11 is 0. The van der Waals surface area contributed by atoms with Gasteiger partial charge in [-0.15, -0.1) is 0 Å². The second kappa shape index (κ2) is 7.56. The minimum atomic E-state index is 0.660. The molecule has 0 aromatic carbocycles. The van der Waals surface area contributed by atoms with Gasteiger partial charge in [0.1, 0.15) is 0 Å². The molecule has 0 aromatic rings. The monoisotopic (exact) mass is 252 g/mol. The second-order valence-corrected chi connectivity index (χ2v) is 6.68. The van der Waals surface area contributed by atoms with E-state index in [0.717, 1.165) is 0 Å². The summed E-state index contributed by atoms with van der Waals surface area (Å²) in [6, 6.07) is 0. The van der Waals surface area contributed by atoms with Crippen molar-refractivity contribution in [1.82, 2.24) is 0 Å². The minimum absolute atomic E-state index is 0.660. The summed E-state index contributed by atoms with van der Waals surface area (Å²) in [6.07, 6.45) is 17.5. The van der Waals surface area contributed by atoms with Crippen molar-refractivity contribution in [2.45, 2.75) is 105 Å². The molecule has 108 valence electrons. The number of rotatable bonds is 6. The third-order valence-electron chi connectivity index (χ3n) is 6.00. The summed E-state index contributed by atoms with van der Waals surface area (Å²) in [5, 5.41) is 0. The quantitative estimate of drug-likeness (QED) is 0.491. The molecule has 0 bridgehead atoms. The first-order valence-electron chi connectivity index (χ1n) is 8.70. The highest BCUT2D eigenvalue weighted by molar-refractivity contribution is 4.97. The van der Waals surface area contributed by atoms with Crippen molar-refractivity contribution >= 4 is 0 Å². The zero-order valence-electron chi connectivity index (χ0n) is 13.5. The Labute approximate surface area is 116 Å². The maximum Gasteiger partial charge on any atom is -0.0244 e. The van der Waals surface area contributed by atoms with Gasteiger partial charge in [-0.3, -0.25) is 0 Å². The molecule has 0 amide bonds. The summed E-state index contributed by atoms with van der Waals surface area (Å²) < 4.78 is 0. The van der Waals surface area contributed by atoms with E-state index in [9.17, 15) is 0 Å². The summed E-state index contributed by atoms with van der Waals surface area (Å²) in [5.41, 5.74) is 1.32. The molecule has 0 heterocycles. The van der Waals surface area contributed by atoms with E-state index in [0.29, 0.717) is 10.8 Å². The topological polar surface area (TPSA) is 0 Å². The molecule has 0 aliphatic heterocycles. The lowest BCUT2D eigenvalue weighted by Gasteiger charge is -2.53. The first-order chi connectivity index (χ1) is 8.70. The van der Waals surface area contributed by atoms with Gasteiger partial charge >= 0.3 is 0 Å². The SMILES string of the molecule is CCCC1(CC)CCCCCCC1(CC)CCC. The van der Waals surface area contributed by atoms with E-state index in [2.05, 4.69) is 27.7 Å². The normalized spacial score (nSPS) is 34.0. The molecule has 1 fully saturated rings. The lowest BCUT2D eigenvalue weighted by atomic mass is 9.52. The highest BCUT2D eigenvalue weighted by atomic mass is 14.5. The highest BCUT2D eigenvalue weighted by Gasteiger charge is 2.46. The summed E-state index contributed by atoms with van der Waals surface area (Å²) in [7, 11) is 0. The van der Waals surface area contributed by atoms with Crippen molar-refractivity contribution in [3.05, 3.63) is 0 Å². The molecule has 0 nitrogen and oxygen atoms in total. The molecular weight excluding hydrogens is 216 g/mol. The molecule has 18 heavy (non-hydrogen) atoms. The molecule has 0 spiro atoms. The Hall–Kier alpha value is 0. The second-order valence-electron chi connectivity index (χ2n) is 6.68. The van der Waals surface area contributed by atoms with Crippen molar-refractivity contribution in [1.29, 1.82) is 0 Å². The molecule has 0 N–H and O–H groups in total. The van der Waals surface area contributed by atoms with Crippen molar-refractivity contribution in [2.75, 3.05) is 0 Å². The van der Waals surface area contributed by atoms with Crippen molar-refractivity contribution < 1.29 is 0 Å². The molecule has 2 unspecified atom stereocenters. The van der Waals surface area contributed by atoms with Crippen LogP contribution in [0.15, 0.2) is 0 Å². The predicted octanol–water partition coefficient (Wildman–Crippen LogP) is 6.73.